The topological polar surface area (TPSA) is 72.8 Å². The minimum Gasteiger partial charge on any atom is -0.384 e. The Morgan fingerprint density at radius 1 is 1.29 bits per heavy atom. The summed E-state index contributed by atoms with van der Waals surface area (Å²) < 4.78 is 7.21. The van der Waals surface area contributed by atoms with Gasteiger partial charge in [-0.1, -0.05) is 13.8 Å². The number of aromatic amines is 1. The van der Waals surface area contributed by atoms with Gasteiger partial charge in [0.05, 0.1) is 12.2 Å². The molecule has 0 bridgehead atoms. The summed E-state index contributed by atoms with van der Waals surface area (Å²) in [7, 11) is 1.76. The maximum absolute atomic E-state index is 12.5. The zero-order chi connectivity index (χ0) is 17.1. The number of H-pyrrole nitrogens is 1. The fourth-order valence-corrected chi connectivity index (χ4v) is 3.89. The van der Waals surface area contributed by atoms with Crippen molar-refractivity contribution >= 4 is 11.0 Å². The number of ether oxygens (including phenoxy) is 1. The average Bonchev–Trinajstić information content (AvgIpc) is 3.02. The number of nitrogens with zero attached hydrogens (tertiary/aromatic N) is 3. The zero-order valence-corrected chi connectivity index (χ0v) is 14.9. The summed E-state index contributed by atoms with van der Waals surface area (Å²) in [5.41, 5.74) is 0.674. The minimum atomic E-state index is -0.0637. The Balaban J connectivity index is 1.90. The van der Waals surface area contributed by atoms with Crippen LogP contribution in [0.2, 0.25) is 0 Å². The maximum atomic E-state index is 12.5. The van der Waals surface area contributed by atoms with Crippen molar-refractivity contribution in [1.82, 2.24) is 19.7 Å². The van der Waals surface area contributed by atoms with Gasteiger partial charge in [0.15, 0.2) is 5.65 Å². The molecule has 0 atom stereocenters. The Morgan fingerprint density at radius 3 is 2.62 bits per heavy atom. The van der Waals surface area contributed by atoms with E-state index < -0.39 is 0 Å². The summed E-state index contributed by atoms with van der Waals surface area (Å²) >= 11 is 0. The maximum Gasteiger partial charge on any atom is 0.262 e. The first-order chi connectivity index (χ1) is 11.7. The van der Waals surface area contributed by atoms with Crippen LogP contribution in [0, 0.1) is 5.92 Å². The van der Waals surface area contributed by atoms with Gasteiger partial charge in [0, 0.05) is 19.6 Å². The highest BCUT2D eigenvalue weighted by Crippen LogP contribution is 2.34. The third kappa shape index (κ3) is 3.24. The van der Waals surface area contributed by atoms with Crippen LogP contribution in [0.5, 0.6) is 0 Å². The molecule has 1 aliphatic rings. The summed E-state index contributed by atoms with van der Waals surface area (Å²) in [4.78, 5) is 20.3. The van der Waals surface area contributed by atoms with Gasteiger partial charge in [0.2, 0.25) is 0 Å². The summed E-state index contributed by atoms with van der Waals surface area (Å²) in [6.07, 6.45) is 8.00. The molecule has 6 heteroatoms. The van der Waals surface area contributed by atoms with E-state index in [9.17, 15) is 4.79 Å². The molecule has 2 heterocycles. The second kappa shape index (κ2) is 7.47. The third-order valence-corrected chi connectivity index (χ3v) is 5.41. The molecule has 1 N–H and O–H groups in total. The molecule has 2 aromatic rings. The van der Waals surface area contributed by atoms with Gasteiger partial charge in [0.25, 0.3) is 5.56 Å². The van der Waals surface area contributed by atoms with Gasteiger partial charge in [-0.3, -0.25) is 4.79 Å². The van der Waals surface area contributed by atoms with Crippen LogP contribution in [-0.4, -0.2) is 33.5 Å². The molecule has 0 amide bonds. The minimum absolute atomic E-state index is 0.0637. The quantitative estimate of drug-likeness (QED) is 0.880. The number of rotatable bonds is 6. The highest BCUT2D eigenvalue weighted by atomic mass is 16.5. The Hall–Kier alpha value is -1.69. The monoisotopic (exact) mass is 332 g/mol. The van der Waals surface area contributed by atoms with Gasteiger partial charge < -0.3 is 9.72 Å². The molecule has 132 valence electrons. The van der Waals surface area contributed by atoms with Crippen molar-refractivity contribution in [2.45, 2.75) is 64.3 Å². The summed E-state index contributed by atoms with van der Waals surface area (Å²) in [6, 6.07) is 0.294. The number of hydrogen-bond acceptors (Lipinski definition) is 4. The van der Waals surface area contributed by atoms with E-state index in [4.69, 9.17) is 9.72 Å². The molecule has 1 aliphatic carbocycles. The lowest BCUT2D eigenvalue weighted by molar-refractivity contribution is 0.126. The average molecular weight is 332 g/mol. The van der Waals surface area contributed by atoms with Crippen molar-refractivity contribution in [1.29, 1.82) is 0 Å². The van der Waals surface area contributed by atoms with Gasteiger partial charge in [-0.15, -0.1) is 0 Å². The number of aromatic nitrogens is 4. The number of methoxy groups -OCH3 is 1. The van der Waals surface area contributed by atoms with Crippen molar-refractivity contribution in [2.75, 3.05) is 13.7 Å². The van der Waals surface area contributed by atoms with E-state index in [0.29, 0.717) is 23.3 Å². The fraction of sp³-hybridized carbons (Fsp3) is 0.722. The second-order valence-corrected chi connectivity index (χ2v) is 6.92. The van der Waals surface area contributed by atoms with Crippen LogP contribution in [-0.2, 0) is 4.74 Å². The normalized spacial score (nSPS) is 21.7. The molecule has 0 unspecified atom stereocenters. The predicted molar refractivity (Wildman–Crippen MR) is 94.3 cm³/mol. The van der Waals surface area contributed by atoms with E-state index in [1.165, 1.54) is 0 Å². The molecule has 1 saturated carbocycles. The number of fused-ring (bicyclic) bond motifs is 1. The zero-order valence-electron chi connectivity index (χ0n) is 14.9. The van der Waals surface area contributed by atoms with Crippen molar-refractivity contribution < 1.29 is 4.74 Å². The molecule has 1 fully saturated rings. The van der Waals surface area contributed by atoms with Gasteiger partial charge >= 0.3 is 0 Å². The van der Waals surface area contributed by atoms with Crippen molar-refractivity contribution in [2.24, 2.45) is 5.92 Å². The summed E-state index contributed by atoms with van der Waals surface area (Å²) in [5, 5.41) is 5.03. The number of hydrogen-bond donors (Lipinski definition) is 1. The molecular weight excluding hydrogens is 304 g/mol. The van der Waals surface area contributed by atoms with Crippen LogP contribution in [0.15, 0.2) is 11.0 Å². The number of nitrogens with one attached hydrogen (secondary N) is 1. The first-order valence-electron chi connectivity index (χ1n) is 9.14. The first-order valence-corrected chi connectivity index (χ1v) is 9.14. The van der Waals surface area contributed by atoms with E-state index in [1.54, 1.807) is 13.3 Å². The fourth-order valence-electron chi connectivity index (χ4n) is 3.89. The molecule has 3 rings (SSSR count). The molecule has 0 aliphatic heterocycles. The van der Waals surface area contributed by atoms with Crippen LogP contribution in [0.25, 0.3) is 11.0 Å². The molecule has 24 heavy (non-hydrogen) atoms. The van der Waals surface area contributed by atoms with Crippen LogP contribution in [0.4, 0.5) is 0 Å². The second-order valence-electron chi connectivity index (χ2n) is 6.92. The molecule has 0 spiro atoms. The van der Waals surface area contributed by atoms with Crippen LogP contribution < -0.4 is 5.56 Å². The van der Waals surface area contributed by atoms with E-state index >= 15 is 0 Å². The summed E-state index contributed by atoms with van der Waals surface area (Å²) in [6.45, 7) is 5.12. The summed E-state index contributed by atoms with van der Waals surface area (Å²) in [5.74, 6) is 1.80. The molecule has 2 aromatic heterocycles. The van der Waals surface area contributed by atoms with Gasteiger partial charge in [-0.05, 0) is 44.4 Å². The third-order valence-electron chi connectivity index (χ3n) is 5.41. The first kappa shape index (κ1) is 17.1. The van der Waals surface area contributed by atoms with Gasteiger partial charge in [-0.25, -0.2) is 9.67 Å². The Kier molecular flexibility index (Phi) is 5.33. The van der Waals surface area contributed by atoms with E-state index in [1.807, 2.05) is 4.68 Å². The molecule has 6 nitrogen and oxygen atoms in total. The predicted octanol–water partition coefficient (Wildman–Crippen LogP) is 3.40. The van der Waals surface area contributed by atoms with Crippen molar-refractivity contribution in [3.05, 3.63) is 22.4 Å². The van der Waals surface area contributed by atoms with Crippen molar-refractivity contribution in [3.63, 3.8) is 0 Å². The Morgan fingerprint density at radius 2 is 2.00 bits per heavy atom. The van der Waals surface area contributed by atoms with Crippen LogP contribution in [0.3, 0.4) is 0 Å². The largest absolute Gasteiger partial charge is 0.384 e. The van der Waals surface area contributed by atoms with Gasteiger partial charge in [0.1, 0.15) is 11.2 Å². The molecule has 0 aromatic carbocycles. The van der Waals surface area contributed by atoms with E-state index in [-0.39, 0.29) is 5.56 Å². The highest BCUT2D eigenvalue weighted by molar-refractivity contribution is 5.73. The lowest BCUT2D eigenvalue weighted by Crippen LogP contribution is -2.21. The van der Waals surface area contributed by atoms with Gasteiger partial charge in [-0.2, -0.15) is 5.10 Å². The SMILES string of the molecule is CCC(CC)n1ncc2c(=O)[nH]c(C3CCC(COC)CC3)nc21. The van der Waals surface area contributed by atoms with Crippen LogP contribution in [0.1, 0.15) is 70.2 Å². The highest BCUT2D eigenvalue weighted by Gasteiger charge is 2.25. The van der Waals surface area contributed by atoms with Crippen LogP contribution >= 0.6 is 0 Å². The lowest BCUT2D eigenvalue weighted by Gasteiger charge is -2.27. The van der Waals surface area contributed by atoms with E-state index in [0.717, 1.165) is 56.6 Å². The van der Waals surface area contributed by atoms with Crippen molar-refractivity contribution in [3.8, 4) is 0 Å². The smallest absolute Gasteiger partial charge is 0.262 e. The Bertz CT molecular complexity index is 724. The molecule has 0 saturated heterocycles. The standard InChI is InChI=1S/C18H28N4O2/c1-4-14(5-2)22-17-15(10-19-22)18(23)21-16(20-17)13-8-6-12(7-9-13)11-24-3/h10,12-14H,4-9,11H2,1-3H3,(H,20,21,23). The lowest BCUT2D eigenvalue weighted by atomic mass is 9.82. The molecule has 0 radical (unpaired) electrons. The Labute approximate surface area is 142 Å². The molecular formula is C18H28N4O2. The van der Waals surface area contributed by atoms with E-state index in [2.05, 4.69) is 23.9 Å².